The largest absolute Gasteiger partial charge is 0.489 e. The number of hydrogen-bond acceptors (Lipinski definition) is 5. The van der Waals surface area contributed by atoms with Gasteiger partial charge < -0.3 is 20.7 Å². The second kappa shape index (κ2) is 14.3. The van der Waals surface area contributed by atoms with Crippen LogP contribution in [0.3, 0.4) is 0 Å². The normalized spacial score (nSPS) is 24.3. The van der Waals surface area contributed by atoms with Crippen molar-refractivity contribution in [2.24, 2.45) is 23.5 Å². The molecule has 7 heteroatoms. The van der Waals surface area contributed by atoms with Gasteiger partial charge in [-0.05, 0) is 73.9 Å². The number of amides is 2. The van der Waals surface area contributed by atoms with Crippen LogP contribution in [0.25, 0.3) is 0 Å². The molecular formula is C33H47N3O3S. The molecule has 4 atom stereocenters. The first-order chi connectivity index (χ1) is 19.3. The zero-order valence-corrected chi connectivity index (χ0v) is 25.4. The first kappa shape index (κ1) is 30.3. The zero-order chi connectivity index (χ0) is 28.6. The van der Waals surface area contributed by atoms with E-state index in [-0.39, 0.29) is 35.8 Å². The van der Waals surface area contributed by atoms with Gasteiger partial charge in [-0.25, -0.2) is 0 Å². The number of hydrogen-bond donors (Lipinski definition) is 2. The highest BCUT2D eigenvalue weighted by atomic mass is 32.1. The fourth-order valence-electron chi connectivity index (χ4n) is 6.26. The molecule has 2 aromatic rings. The molecule has 3 N–H and O–H groups in total. The van der Waals surface area contributed by atoms with E-state index in [1.807, 2.05) is 40.6 Å². The molecule has 1 aromatic carbocycles. The Balaban J connectivity index is 1.52. The number of nitrogens with zero attached hydrogens (tertiary/aromatic N) is 1. The van der Waals surface area contributed by atoms with Gasteiger partial charge in [0.1, 0.15) is 12.1 Å². The molecule has 2 amide bonds. The van der Waals surface area contributed by atoms with Gasteiger partial charge in [0.2, 0.25) is 11.8 Å². The summed E-state index contributed by atoms with van der Waals surface area (Å²) < 4.78 is 6.60. The second-order valence-electron chi connectivity index (χ2n) is 11.8. The van der Waals surface area contributed by atoms with E-state index in [0.29, 0.717) is 31.8 Å². The summed E-state index contributed by atoms with van der Waals surface area (Å²) in [6.07, 6.45) is 5.69. The number of ether oxygens (including phenoxy) is 1. The minimum absolute atomic E-state index is 0.00603. The van der Waals surface area contributed by atoms with Crippen molar-refractivity contribution < 1.29 is 14.3 Å². The van der Waals surface area contributed by atoms with Crippen molar-refractivity contribution in [3.63, 3.8) is 0 Å². The number of rotatable bonds is 12. The number of carbonyl (C=O) groups excluding carboxylic acids is 2. The van der Waals surface area contributed by atoms with Crippen LogP contribution in [0.1, 0.15) is 89.2 Å². The van der Waals surface area contributed by atoms with Crippen LogP contribution in [0, 0.1) is 17.8 Å². The van der Waals surface area contributed by atoms with Gasteiger partial charge in [-0.3, -0.25) is 9.59 Å². The van der Waals surface area contributed by atoms with E-state index >= 15 is 0 Å². The lowest BCUT2D eigenvalue weighted by atomic mass is 9.84. The quantitative estimate of drug-likeness (QED) is 0.304. The van der Waals surface area contributed by atoms with Gasteiger partial charge in [-0.1, -0.05) is 57.2 Å². The Morgan fingerprint density at radius 2 is 1.85 bits per heavy atom. The summed E-state index contributed by atoms with van der Waals surface area (Å²) in [5.74, 6) is 1.54. The Morgan fingerprint density at radius 1 is 1.12 bits per heavy atom. The number of thiophene rings is 1. The Bertz CT molecular complexity index is 1130. The first-order valence-electron chi connectivity index (χ1n) is 15.1. The van der Waals surface area contributed by atoms with Gasteiger partial charge in [0.15, 0.2) is 0 Å². The summed E-state index contributed by atoms with van der Waals surface area (Å²) in [6.45, 7) is 9.60. The maximum absolute atomic E-state index is 13.8. The fraction of sp³-hybridized carbons (Fsp3) is 0.576. The maximum atomic E-state index is 13.8. The zero-order valence-electron chi connectivity index (χ0n) is 24.6. The predicted molar refractivity (Wildman–Crippen MR) is 162 cm³/mol. The molecule has 4 rings (SSSR count). The molecule has 1 unspecified atom stereocenters. The molecule has 6 nitrogen and oxygen atoms in total. The van der Waals surface area contributed by atoms with E-state index in [4.69, 9.17) is 10.5 Å². The van der Waals surface area contributed by atoms with Crippen LogP contribution in [0.5, 0.6) is 0 Å². The molecule has 0 saturated heterocycles. The molecule has 0 radical (unpaired) electrons. The molecule has 1 aromatic heterocycles. The minimum atomic E-state index is -0.553. The van der Waals surface area contributed by atoms with Crippen molar-refractivity contribution in [2.75, 3.05) is 6.54 Å². The van der Waals surface area contributed by atoms with Gasteiger partial charge >= 0.3 is 0 Å². The summed E-state index contributed by atoms with van der Waals surface area (Å²) in [6, 6.07) is 14.1. The van der Waals surface area contributed by atoms with Gasteiger partial charge in [0, 0.05) is 35.7 Å². The van der Waals surface area contributed by atoms with Crippen LogP contribution in [0.15, 0.2) is 59.2 Å². The Hall–Kier alpha value is -2.64. The van der Waals surface area contributed by atoms with Crippen LogP contribution in [0.2, 0.25) is 0 Å². The van der Waals surface area contributed by atoms with Crippen LogP contribution in [0.4, 0.5) is 0 Å². The van der Waals surface area contributed by atoms with E-state index in [2.05, 4.69) is 45.1 Å². The highest BCUT2D eigenvalue weighted by Crippen LogP contribution is 2.44. The fourth-order valence-corrected chi connectivity index (χ4v) is 6.91. The lowest BCUT2D eigenvalue weighted by molar-refractivity contribution is -0.142. The lowest BCUT2D eigenvalue weighted by Crippen LogP contribution is -2.51. The number of benzene rings is 1. The standard InChI is InChI=1S/C33H47N3O3S/c1-5-17-36(30(37)20-25-13-15-27(34)16-14-25)29(33(38)35-21-28-12-9-18-40-28)19-22(2)31-23(3)24(4)32(39-31)26-10-7-6-8-11-26/h6-12,18,22,24-25,27,29,32H,5,13-17,19-21,34H2,1-4H3,(H,35,38)/t22?,24-,25?,27?,29+,32-/m1/s1. The molecule has 1 fully saturated rings. The Morgan fingerprint density at radius 3 is 2.50 bits per heavy atom. The smallest absolute Gasteiger partial charge is 0.243 e. The second-order valence-corrected chi connectivity index (χ2v) is 12.8. The summed E-state index contributed by atoms with van der Waals surface area (Å²) in [5.41, 5.74) is 8.51. The molecule has 40 heavy (non-hydrogen) atoms. The summed E-state index contributed by atoms with van der Waals surface area (Å²) in [7, 11) is 0. The van der Waals surface area contributed by atoms with E-state index in [1.54, 1.807) is 11.3 Å². The summed E-state index contributed by atoms with van der Waals surface area (Å²) in [5, 5.41) is 5.16. The third kappa shape index (κ3) is 7.55. The van der Waals surface area contributed by atoms with Crippen LogP contribution in [-0.4, -0.2) is 35.3 Å². The van der Waals surface area contributed by atoms with Crippen molar-refractivity contribution >= 4 is 23.2 Å². The highest BCUT2D eigenvalue weighted by molar-refractivity contribution is 7.09. The third-order valence-electron chi connectivity index (χ3n) is 8.77. The molecule has 1 saturated carbocycles. The van der Waals surface area contributed by atoms with Crippen molar-refractivity contribution in [3.8, 4) is 0 Å². The van der Waals surface area contributed by atoms with Gasteiger partial charge in [0.05, 0.1) is 12.3 Å². The third-order valence-corrected chi connectivity index (χ3v) is 9.64. The molecule has 1 aliphatic heterocycles. The van der Waals surface area contributed by atoms with Crippen molar-refractivity contribution in [2.45, 2.75) is 97.4 Å². The Kier molecular flexibility index (Phi) is 10.8. The monoisotopic (exact) mass is 565 g/mol. The average Bonchev–Trinajstić information content (AvgIpc) is 3.59. The molecule has 2 aliphatic rings. The molecule has 2 heterocycles. The topological polar surface area (TPSA) is 84.7 Å². The van der Waals surface area contributed by atoms with Gasteiger partial charge in [-0.15, -0.1) is 11.3 Å². The average molecular weight is 566 g/mol. The molecular weight excluding hydrogens is 518 g/mol. The molecule has 0 spiro atoms. The van der Waals surface area contributed by atoms with E-state index in [9.17, 15) is 9.59 Å². The summed E-state index contributed by atoms with van der Waals surface area (Å²) >= 11 is 1.63. The van der Waals surface area contributed by atoms with Crippen LogP contribution in [-0.2, 0) is 20.9 Å². The lowest BCUT2D eigenvalue weighted by Gasteiger charge is -2.34. The highest BCUT2D eigenvalue weighted by Gasteiger charge is 2.38. The van der Waals surface area contributed by atoms with Gasteiger partial charge in [0.25, 0.3) is 0 Å². The first-order valence-corrected chi connectivity index (χ1v) is 15.9. The summed E-state index contributed by atoms with van der Waals surface area (Å²) in [4.78, 5) is 30.6. The number of nitrogens with two attached hydrogens (primary N) is 1. The minimum Gasteiger partial charge on any atom is -0.489 e. The van der Waals surface area contributed by atoms with Crippen molar-refractivity contribution in [1.82, 2.24) is 10.2 Å². The number of allylic oxidation sites excluding steroid dienone is 1. The van der Waals surface area contributed by atoms with Crippen molar-refractivity contribution in [3.05, 3.63) is 69.6 Å². The van der Waals surface area contributed by atoms with E-state index < -0.39 is 6.04 Å². The SMILES string of the molecule is CCCN(C(=O)CC1CCC(N)CC1)[C@@H](CC(C)C1=C(C)[C@@H](C)[C@H](c2ccccc2)O1)C(=O)NCc1cccs1. The van der Waals surface area contributed by atoms with Crippen LogP contribution >= 0.6 is 11.3 Å². The molecule has 218 valence electrons. The van der Waals surface area contributed by atoms with E-state index in [1.165, 1.54) is 5.57 Å². The van der Waals surface area contributed by atoms with E-state index in [0.717, 1.165) is 48.3 Å². The van der Waals surface area contributed by atoms with Gasteiger partial charge in [-0.2, -0.15) is 0 Å². The van der Waals surface area contributed by atoms with Crippen LogP contribution < -0.4 is 11.1 Å². The number of nitrogens with one attached hydrogen (secondary N) is 1. The molecule has 0 bridgehead atoms. The van der Waals surface area contributed by atoms with Crippen molar-refractivity contribution in [1.29, 1.82) is 0 Å². The number of carbonyl (C=O) groups is 2. The Labute approximate surface area is 244 Å². The predicted octanol–water partition coefficient (Wildman–Crippen LogP) is 6.59. The molecule has 1 aliphatic carbocycles. The maximum Gasteiger partial charge on any atom is 0.243 e.